The van der Waals surface area contributed by atoms with E-state index in [4.69, 9.17) is 5.73 Å². The maximum absolute atomic E-state index is 11.9. The second-order valence-corrected chi connectivity index (χ2v) is 4.65. The standard InChI is InChI=1S/C13H18N6O.ClH/c1-9(8-14)13(20)15-10(2)12-16-17-18-19(12)11-6-4-3-5-7-11;/h3-7,9-10H,8,14H2,1-2H3,(H,15,20);1H. The Morgan fingerprint density at radius 1 is 1.33 bits per heavy atom. The van der Waals surface area contributed by atoms with Crippen LogP contribution in [0.1, 0.15) is 25.7 Å². The van der Waals surface area contributed by atoms with E-state index in [1.54, 1.807) is 11.6 Å². The maximum Gasteiger partial charge on any atom is 0.224 e. The molecule has 2 aromatic rings. The Balaban J connectivity index is 0.00000220. The van der Waals surface area contributed by atoms with E-state index in [9.17, 15) is 4.79 Å². The molecule has 1 aromatic heterocycles. The molecule has 1 amide bonds. The van der Waals surface area contributed by atoms with Crippen LogP contribution in [-0.2, 0) is 4.79 Å². The Kier molecular flexibility index (Phi) is 6.26. The topological polar surface area (TPSA) is 98.7 Å². The van der Waals surface area contributed by atoms with Gasteiger partial charge in [-0.15, -0.1) is 17.5 Å². The average molecular weight is 311 g/mol. The number of para-hydroxylation sites is 1. The molecule has 2 rings (SSSR count). The van der Waals surface area contributed by atoms with Crippen molar-refractivity contribution in [3.05, 3.63) is 36.2 Å². The summed E-state index contributed by atoms with van der Waals surface area (Å²) < 4.78 is 1.61. The number of rotatable bonds is 5. The molecule has 0 aliphatic rings. The summed E-state index contributed by atoms with van der Waals surface area (Å²) in [6.07, 6.45) is 0. The van der Waals surface area contributed by atoms with Crippen LogP contribution in [-0.4, -0.2) is 32.7 Å². The van der Waals surface area contributed by atoms with Gasteiger partial charge in [0.2, 0.25) is 5.91 Å². The van der Waals surface area contributed by atoms with E-state index >= 15 is 0 Å². The van der Waals surface area contributed by atoms with E-state index in [-0.39, 0.29) is 30.3 Å². The summed E-state index contributed by atoms with van der Waals surface area (Å²) in [7, 11) is 0. The first kappa shape index (κ1) is 17.1. The largest absolute Gasteiger partial charge is 0.346 e. The van der Waals surface area contributed by atoms with Gasteiger partial charge in [-0.3, -0.25) is 4.79 Å². The summed E-state index contributed by atoms with van der Waals surface area (Å²) in [6.45, 7) is 3.93. The second kappa shape index (κ2) is 7.70. The molecule has 8 heteroatoms. The second-order valence-electron chi connectivity index (χ2n) is 4.65. The van der Waals surface area contributed by atoms with Crippen molar-refractivity contribution >= 4 is 18.3 Å². The number of nitrogens with two attached hydrogens (primary N) is 1. The lowest BCUT2D eigenvalue weighted by atomic mass is 10.1. The number of carbonyl (C=O) groups excluding carboxylic acids is 1. The van der Waals surface area contributed by atoms with Crippen LogP contribution in [0.15, 0.2) is 30.3 Å². The van der Waals surface area contributed by atoms with Gasteiger partial charge in [-0.25, -0.2) is 0 Å². The fourth-order valence-corrected chi connectivity index (χ4v) is 1.74. The number of carbonyl (C=O) groups is 1. The monoisotopic (exact) mass is 310 g/mol. The Hall–Kier alpha value is -1.99. The molecule has 0 aliphatic carbocycles. The van der Waals surface area contributed by atoms with Gasteiger partial charge in [0.25, 0.3) is 0 Å². The Morgan fingerprint density at radius 2 is 2.00 bits per heavy atom. The van der Waals surface area contributed by atoms with Crippen molar-refractivity contribution in [2.24, 2.45) is 11.7 Å². The first-order chi connectivity index (χ1) is 9.63. The molecule has 0 bridgehead atoms. The average Bonchev–Trinajstić information content (AvgIpc) is 2.96. The summed E-state index contributed by atoms with van der Waals surface area (Å²) in [6, 6.07) is 9.23. The smallest absolute Gasteiger partial charge is 0.224 e. The highest BCUT2D eigenvalue weighted by atomic mass is 35.5. The number of hydrogen-bond acceptors (Lipinski definition) is 5. The van der Waals surface area contributed by atoms with Crippen molar-refractivity contribution in [2.75, 3.05) is 6.54 Å². The molecule has 21 heavy (non-hydrogen) atoms. The van der Waals surface area contributed by atoms with Gasteiger partial charge in [0.15, 0.2) is 5.82 Å². The third kappa shape index (κ3) is 3.99. The molecule has 2 unspecified atom stereocenters. The third-order valence-electron chi connectivity index (χ3n) is 3.04. The molecule has 0 saturated carbocycles. The molecule has 0 radical (unpaired) electrons. The molecule has 0 saturated heterocycles. The molecule has 7 nitrogen and oxygen atoms in total. The Labute approximate surface area is 129 Å². The van der Waals surface area contributed by atoms with Crippen LogP contribution in [0.4, 0.5) is 0 Å². The highest BCUT2D eigenvalue weighted by Crippen LogP contribution is 2.13. The highest BCUT2D eigenvalue weighted by molar-refractivity contribution is 5.85. The molecule has 3 N–H and O–H groups in total. The van der Waals surface area contributed by atoms with Gasteiger partial charge < -0.3 is 11.1 Å². The predicted octanol–water partition coefficient (Wildman–Crippen LogP) is 0.856. The first-order valence-electron chi connectivity index (χ1n) is 6.47. The number of nitrogens with zero attached hydrogens (tertiary/aromatic N) is 4. The van der Waals surface area contributed by atoms with Gasteiger partial charge in [-0.05, 0) is 29.5 Å². The van der Waals surface area contributed by atoms with Crippen LogP contribution in [0.3, 0.4) is 0 Å². The lowest BCUT2D eigenvalue weighted by molar-refractivity contribution is -0.124. The molecule has 1 aromatic carbocycles. The molecular weight excluding hydrogens is 292 g/mol. The van der Waals surface area contributed by atoms with Crippen LogP contribution in [0, 0.1) is 5.92 Å². The number of halogens is 1. The lowest BCUT2D eigenvalue weighted by Crippen LogP contribution is -2.35. The van der Waals surface area contributed by atoms with Crippen molar-refractivity contribution in [1.29, 1.82) is 0 Å². The quantitative estimate of drug-likeness (QED) is 0.853. The predicted molar refractivity (Wildman–Crippen MR) is 81.2 cm³/mol. The number of amides is 1. The normalized spacial score (nSPS) is 13.1. The number of benzene rings is 1. The van der Waals surface area contributed by atoms with Crippen molar-refractivity contribution < 1.29 is 4.79 Å². The summed E-state index contributed by atoms with van der Waals surface area (Å²) in [5.41, 5.74) is 6.33. The lowest BCUT2D eigenvalue weighted by Gasteiger charge is -2.16. The molecule has 1 heterocycles. The molecule has 2 atom stereocenters. The summed E-state index contributed by atoms with van der Waals surface area (Å²) >= 11 is 0. The van der Waals surface area contributed by atoms with E-state index in [0.717, 1.165) is 5.69 Å². The summed E-state index contributed by atoms with van der Waals surface area (Å²) in [4.78, 5) is 11.9. The van der Waals surface area contributed by atoms with Gasteiger partial charge in [0.1, 0.15) is 0 Å². The minimum Gasteiger partial charge on any atom is -0.346 e. The van der Waals surface area contributed by atoms with Gasteiger partial charge >= 0.3 is 0 Å². The van der Waals surface area contributed by atoms with E-state index < -0.39 is 0 Å². The SMILES string of the molecule is CC(CN)C(=O)NC(C)c1nnnn1-c1ccccc1.Cl. The van der Waals surface area contributed by atoms with Gasteiger partial charge in [0.05, 0.1) is 11.7 Å². The zero-order chi connectivity index (χ0) is 14.5. The third-order valence-corrected chi connectivity index (χ3v) is 3.04. The fourth-order valence-electron chi connectivity index (χ4n) is 1.74. The van der Waals surface area contributed by atoms with Crippen LogP contribution in [0.5, 0.6) is 0 Å². The van der Waals surface area contributed by atoms with Crippen LogP contribution in [0.2, 0.25) is 0 Å². The Morgan fingerprint density at radius 3 is 2.62 bits per heavy atom. The van der Waals surface area contributed by atoms with Crippen LogP contribution >= 0.6 is 12.4 Å². The number of tetrazole rings is 1. The molecule has 0 aliphatic heterocycles. The van der Waals surface area contributed by atoms with Crippen molar-refractivity contribution in [3.63, 3.8) is 0 Å². The van der Waals surface area contributed by atoms with Crippen molar-refractivity contribution in [1.82, 2.24) is 25.5 Å². The molecule has 0 fully saturated rings. The van der Waals surface area contributed by atoms with Crippen molar-refractivity contribution in [3.8, 4) is 5.69 Å². The molecule has 0 spiro atoms. The van der Waals surface area contributed by atoms with E-state index in [1.807, 2.05) is 37.3 Å². The zero-order valence-electron chi connectivity index (χ0n) is 11.9. The fraction of sp³-hybridized carbons (Fsp3) is 0.385. The van der Waals surface area contributed by atoms with Gasteiger partial charge in [-0.2, -0.15) is 4.68 Å². The summed E-state index contributed by atoms with van der Waals surface area (Å²) in [5, 5.41) is 14.5. The Bertz CT molecular complexity index is 573. The first-order valence-corrected chi connectivity index (χ1v) is 6.47. The summed E-state index contributed by atoms with van der Waals surface area (Å²) in [5.74, 6) is 0.231. The van der Waals surface area contributed by atoms with Gasteiger partial charge in [0, 0.05) is 12.5 Å². The van der Waals surface area contributed by atoms with Crippen LogP contribution < -0.4 is 11.1 Å². The minimum absolute atomic E-state index is 0. The number of hydrogen-bond donors (Lipinski definition) is 2. The minimum atomic E-state index is -0.299. The van der Waals surface area contributed by atoms with E-state index in [0.29, 0.717) is 12.4 Å². The molecular formula is C13H19ClN6O. The maximum atomic E-state index is 11.9. The van der Waals surface area contributed by atoms with Gasteiger partial charge in [-0.1, -0.05) is 25.1 Å². The number of nitrogens with one attached hydrogen (secondary N) is 1. The van der Waals surface area contributed by atoms with Crippen molar-refractivity contribution in [2.45, 2.75) is 19.9 Å². The zero-order valence-corrected chi connectivity index (χ0v) is 12.7. The highest BCUT2D eigenvalue weighted by Gasteiger charge is 2.20. The van der Waals surface area contributed by atoms with E-state index in [2.05, 4.69) is 20.8 Å². The number of aromatic nitrogens is 4. The molecule has 114 valence electrons. The van der Waals surface area contributed by atoms with Crippen LogP contribution in [0.25, 0.3) is 5.69 Å². The van der Waals surface area contributed by atoms with E-state index in [1.165, 1.54) is 0 Å².